The van der Waals surface area contributed by atoms with Gasteiger partial charge in [-0.2, -0.15) is 0 Å². The minimum atomic E-state index is -0.942. The Bertz CT molecular complexity index is 511. The Morgan fingerprint density at radius 3 is 2.83 bits per heavy atom. The van der Waals surface area contributed by atoms with Crippen LogP contribution in [0.2, 0.25) is 0 Å². The van der Waals surface area contributed by atoms with Crippen molar-refractivity contribution in [2.24, 2.45) is 0 Å². The number of carbonyl (C=O) groups excluding carboxylic acids is 1. The molecule has 0 aromatic heterocycles. The Balaban J connectivity index is 2.53. The maximum atomic E-state index is 11.8. The summed E-state index contributed by atoms with van der Waals surface area (Å²) in [7, 11) is 0. The number of carboxylic acids is 1. The third-order valence-electron chi connectivity index (χ3n) is 3.00. The van der Waals surface area contributed by atoms with Crippen LogP contribution in [0.15, 0.2) is 28.7 Å². The lowest BCUT2D eigenvalue weighted by molar-refractivity contribution is -0.136. The van der Waals surface area contributed by atoms with Crippen LogP contribution in [0.5, 0.6) is 0 Å². The van der Waals surface area contributed by atoms with E-state index >= 15 is 0 Å². The average molecular weight is 387 g/mol. The van der Waals surface area contributed by atoms with E-state index in [0.717, 1.165) is 16.5 Å². The highest BCUT2D eigenvalue weighted by molar-refractivity contribution is 9.10. The van der Waals surface area contributed by atoms with Crippen LogP contribution in [-0.2, 0) is 16.0 Å². The van der Waals surface area contributed by atoms with E-state index in [9.17, 15) is 9.59 Å². The summed E-state index contributed by atoms with van der Waals surface area (Å²) in [5.41, 5.74) is 1.08. The summed E-state index contributed by atoms with van der Waals surface area (Å²) in [4.78, 5) is 22.3. The molecule has 6 nitrogen and oxygen atoms in total. The summed E-state index contributed by atoms with van der Waals surface area (Å²) in [6, 6.07) is 7.30. The zero-order valence-corrected chi connectivity index (χ0v) is 14.8. The lowest BCUT2D eigenvalue weighted by Gasteiger charge is -2.19. The first kappa shape index (κ1) is 19.4. The molecule has 1 aromatic rings. The zero-order chi connectivity index (χ0) is 17.1. The molecule has 23 heavy (non-hydrogen) atoms. The Morgan fingerprint density at radius 2 is 2.17 bits per heavy atom. The molecule has 1 rings (SSSR count). The van der Waals surface area contributed by atoms with Gasteiger partial charge in [-0.3, -0.25) is 4.79 Å². The van der Waals surface area contributed by atoms with E-state index in [4.69, 9.17) is 9.84 Å². The van der Waals surface area contributed by atoms with Crippen molar-refractivity contribution in [2.75, 3.05) is 19.8 Å². The molecular weight excluding hydrogens is 364 g/mol. The fourth-order valence-corrected chi connectivity index (χ4v) is 2.44. The first-order valence-electron chi connectivity index (χ1n) is 7.59. The summed E-state index contributed by atoms with van der Waals surface area (Å²) in [5.74, 6) is -0.942. The summed E-state index contributed by atoms with van der Waals surface area (Å²) in [6.45, 7) is 3.17. The van der Waals surface area contributed by atoms with Crippen molar-refractivity contribution in [1.29, 1.82) is 0 Å². The molecule has 1 atom stereocenters. The molecule has 0 aliphatic carbocycles. The predicted molar refractivity (Wildman–Crippen MR) is 91.5 cm³/mol. The minimum absolute atomic E-state index is 0.0978. The number of ether oxygens (including phenoxy) is 1. The monoisotopic (exact) mass is 386 g/mol. The molecule has 0 heterocycles. The standard InChI is InChI=1S/C16H23BrN2O4/c1-2-8-23-11-14(10-12-4-3-5-13(17)9-12)19-16(22)18-7-6-15(20)21/h3-5,9,14H,2,6-8,10-11H2,1H3,(H,20,21)(H2,18,19,22). The van der Waals surface area contributed by atoms with Gasteiger partial charge in [-0.1, -0.05) is 35.0 Å². The lowest BCUT2D eigenvalue weighted by Crippen LogP contribution is -2.45. The summed E-state index contributed by atoms with van der Waals surface area (Å²) in [5, 5.41) is 13.9. The highest BCUT2D eigenvalue weighted by atomic mass is 79.9. The molecule has 7 heteroatoms. The summed E-state index contributed by atoms with van der Waals surface area (Å²) < 4.78 is 6.52. The van der Waals surface area contributed by atoms with Crippen molar-refractivity contribution in [1.82, 2.24) is 10.6 Å². The third-order valence-corrected chi connectivity index (χ3v) is 3.49. The van der Waals surface area contributed by atoms with Crippen molar-refractivity contribution < 1.29 is 19.4 Å². The van der Waals surface area contributed by atoms with Crippen molar-refractivity contribution in [3.05, 3.63) is 34.3 Å². The fourth-order valence-electron chi connectivity index (χ4n) is 1.99. The molecule has 0 aliphatic heterocycles. The molecule has 1 aromatic carbocycles. The maximum absolute atomic E-state index is 11.8. The van der Waals surface area contributed by atoms with Gasteiger partial charge in [0.25, 0.3) is 0 Å². The highest BCUT2D eigenvalue weighted by Crippen LogP contribution is 2.13. The van der Waals surface area contributed by atoms with Crippen molar-refractivity contribution in [2.45, 2.75) is 32.2 Å². The van der Waals surface area contributed by atoms with Crippen LogP contribution in [0.3, 0.4) is 0 Å². The number of carbonyl (C=O) groups is 2. The summed E-state index contributed by atoms with van der Waals surface area (Å²) >= 11 is 3.43. The number of carboxylic acid groups (broad SMARTS) is 1. The highest BCUT2D eigenvalue weighted by Gasteiger charge is 2.14. The average Bonchev–Trinajstić information content (AvgIpc) is 2.47. The van der Waals surface area contributed by atoms with Gasteiger partial charge in [0, 0.05) is 17.6 Å². The van der Waals surface area contributed by atoms with Gasteiger partial charge in [-0.25, -0.2) is 4.79 Å². The normalized spacial score (nSPS) is 11.7. The number of urea groups is 1. The number of amides is 2. The molecule has 1 unspecified atom stereocenters. The van der Waals surface area contributed by atoms with E-state index in [2.05, 4.69) is 26.6 Å². The molecule has 0 saturated heterocycles. The zero-order valence-electron chi connectivity index (χ0n) is 13.2. The number of nitrogens with one attached hydrogen (secondary N) is 2. The van der Waals surface area contributed by atoms with E-state index in [-0.39, 0.29) is 25.0 Å². The fraction of sp³-hybridized carbons (Fsp3) is 0.500. The van der Waals surface area contributed by atoms with E-state index in [1.54, 1.807) is 0 Å². The van der Waals surface area contributed by atoms with E-state index in [1.807, 2.05) is 31.2 Å². The first-order chi connectivity index (χ1) is 11.0. The van der Waals surface area contributed by atoms with Gasteiger partial charge < -0.3 is 20.5 Å². The van der Waals surface area contributed by atoms with Crippen LogP contribution in [0.1, 0.15) is 25.3 Å². The third kappa shape index (κ3) is 9.20. The molecule has 3 N–H and O–H groups in total. The molecule has 0 fully saturated rings. The molecule has 0 aliphatic rings. The van der Waals surface area contributed by atoms with Gasteiger partial charge >= 0.3 is 12.0 Å². The minimum Gasteiger partial charge on any atom is -0.481 e. The number of aliphatic carboxylic acids is 1. The number of hydrogen-bond acceptors (Lipinski definition) is 3. The van der Waals surface area contributed by atoms with Crippen LogP contribution < -0.4 is 10.6 Å². The second-order valence-electron chi connectivity index (χ2n) is 5.15. The Labute approximate surface area is 144 Å². The van der Waals surface area contributed by atoms with Crippen molar-refractivity contribution in [3.8, 4) is 0 Å². The van der Waals surface area contributed by atoms with Gasteiger partial charge in [-0.05, 0) is 30.5 Å². The topological polar surface area (TPSA) is 87.7 Å². The van der Waals surface area contributed by atoms with Crippen LogP contribution in [0.25, 0.3) is 0 Å². The largest absolute Gasteiger partial charge is 0.481 e. The predicted octanol–water partition coefficient (Wildman–Crippen LogP) is 2.56. The van der Waals surface area contributed by atoms with Gasteiger partial charge in [0.05, 0.1) is 19.1 Å². The molecule has 2 amide bonds. The second kappa shape index (κ2) is 11.0. The Morgan fingerprint density at radius 1 is 1.39 bits per heavy atom. The Hall–Kier alpha value is -1.60. The van der Waals surface area contributed by atoms with Crippen LogP contribution in [0, 0.1) is 0 Å². The molecular formula is C16H23BrN2O4. The molecule has 0 bridgehead atoms. The molecule has 0 spiro atoms. The van der Waals surface area contributed by atoms with Crippen molar-refractivity contribution >= 4 is 27.9 Å². The molecule has 0 radical (unpaired) electrons. The Kier molecular flexibility index (Phi) is 9.31. The number of hydrogen-bond donors (Lipinski definition) is 3. The van der Waals surface area contributed by atoms with E-state index < -0.39 is 5.97 Å². The van der Waals surface area contributed by atoms with E-state index in [0.29, 0.717) is 19.6 Å². The first-order valence-corrected chi connectivity index (χ1v) is 8.39. The molecule has 128 valence electrons. The number of benzene rings is 1. The van der Waals surface area contributed by atoms with Gasteiger partial charge in [0.2, 0.25) is 0 Å². The van der Waals surface area contributed by atoms with Crippen LogP contribution in [0.4, 0.5) is 4.79 Å². The number of halogens is 1. The lowest BCUT2D eigenvalue weighted by atomic mass is 10.1. The number of rotatable bonds is 10. The van der Waals surface area contributed by atoms with Gasteiger partial charge in [0.15, 0.2) is 0 Å². The SMILES string of the molecule is CCCOCC(Cc1cccc(Br)c1)NC(=O)NCCC(=O)O. The smallest absolute Gasteiger partial charge is 0.315 e. The van der Waals surface area contributed by atoms with Gasteiger partial charge in [-0.15, -0.1) is 0 Å². The quantitative estimate of drug-likeness (QED) is 0.539. The molecule has 0 saturated carbocycles. The van der Waals surface area contributed by atoms with Crippen LogP contribution in [-0.4, -0.2) is 42.9 Å². The summed E-state index contributed by atoms with van der Waals surface area (Å²) in [6.07, 6.45) is 1.44. The van der Waals surface area contributed by atoms with Crippen LogP contribution >= 0.6 is 15.9 Å². The second-order valence-corrected chi connectivity index (χ2v) is 6.07. The van der Waals surface area contributed by atoms with Crippen molar-refractivity contribution in [3.63, 3.8) is 0 Å². The van der Waals surface area contributed by atoms with Gasteiger partial charge in [0.1, 0.15) is 0 Å². The maximum Gasteiger partial charge on any atom is 0.315 e. The van der Waals surface area contributed by atoms with E-state index in [1.165, 1.54) is 0 Å².